The first-order chi connectivity index (χ1) is 6.67. The molecule has 1 rings (SSSR count). The zero-order valence-corrected chi connectivity index (χ0v) is 8.75. The fourth-order valence-corrected chi connectivity index (χ4v) is 1.25. The van der Waals surface area contributed by atoms with Gasteiger partial charge in [0.1, 0.15) is 0 Å². The molecule has 3 nitrogen and oxygen atoms in total. The van der Waals surface area contributed by atoms with Crippen LogP contribution in [0, 0.1) is 6.92 Å². The summed E-state index contributed by atoms with van der Waals surface area (Å²) < 4.78 is 0. The Balaban J connectivity index is 2.72. The average Bonchev–Trinajstić information content (AvgIpc) is 2.19. The van der Waals surface area contributed by atoms with E-state index < -0.39 is 0 Å². The van der Waals surface area contributed by atoms with E-state index in [1.54, 1.807) is 6.07 Å². The van der Waals surface area contributed by atoms with Crippen LogP contribution in [0.2, 0.25) is 5.02 Å². The van der Waals surface area contributed by atoms with Gasteiger partial charge in [-0.2, -0.15) is 0 Å². The number of halogens is 1. The van der Waals surface area contributed by atoms with Crippen LogP contribution >= 0.6 is 11.6 Å². The van der Waals surface area contributed by atoms with Gasteiger partial charge in [0.15, 0.2) is 0 Å². The summed E-state index contributed by atoms with van der Waals surface area (Å²) in [5.41, 5.74) is 1.80. The van der Waals surface area contributed by atoms with Gasteiger partial charge >= 0.3 is 0 Å². The number of hydrogen-bond donors (Lipinski definition) is 3. The van der Waals surface area contributed by atoms with E-state index in [2.05, 4.69) is 5.32 Å². The van der Waals surface area contributed by atoms with E-state index >= 15 is 0 Å². The highest BCUT2D eigenvalue weighted by Gasteiger charge is 2.05. The molecule has 0 spiro atoms. The summed E-state index contributed by atoms with van der Waals surface area (Å²) in [4.78, 5) is 0. The van der Waals surface area contributed by atoms with Crippen LogP contribution in [0.3, 0.4) is 0 Å². The van der Waals surface area contributed by atoms with E-state index in [0.29, 0.717) is 5.02 Å². The molecule has 0 heterocycles. The second-order valence-corrected chi connectivity index (χ2v) is 3.58. The highest BCUT2D eigenvalue weighted by molar-refractivity contribution is 6.31. The Hall–Kier alpha value is -0.770. The highest BCUT2D eigenvalue weighted by Crippen LogP contribution is 2.20. The Labute approximate surface area is 88.3 Å². The third-order valence-electron chi connectivity index (χ3n) is 1.98. The molecule has 0 aliphatic carbocycles. The Bertz CT molecular complexity index is 300. The lowest BCUT2D eigenvalue weighted by Crippen LogP contribution is -2.27. The first-order valence-corrected chi connectivity index (χ1v) is 4.79. The molecule has 0 aromatic heterocycles. The van der Waals surface area contributed by atoms with E-state index in [-0.39, 0.29) is 19.3 Å². The minimum Gasteiger partial charge on any atom is -0.394 e. The van der Waals surface area contributed by atoms with Gasteiger partial charge in [0.05, 0.1) is 19.3 Å². The minimum absolute atomic E-state index is 0.109. The molecule has 14 heavy (non-hydrogen) atoms. The predicted molar refractivity (Wildman–Crippen MR) is 57.8 cm³/mol. The second kappa shape index (κ2) is 5.20. The second-order valence-electron chi connectivity index (χ2n) is 3.17. The third-order valence-corrected chi connectivity index (χ3v) is 2.39. The lowest BCUT2D eigenvalue weighted by Gasteiger charge is -2.15. The number of hydrogen-bond acceptors (Lipinski definition) is 3. The maximum absolute atomic E-state index is 8.86. The molecule has 0 amide bonds. The van der Waals surface area contributed by atoms with Crippen LogP contribution in [-0.4, -0.2) is 29.5 Å². The summed E-state index contributed by atoms with van der Waals surface area (Å²) in [6, 6.07) is 5.18. The van der Waals surface area contributed by atoms with Crippen LogP contribution in [0.1, 0.15) is 5.56 Å². The van der Waals surface area contributed by atoms with E-state index in [9.17, 15) is 0 Å². The molecule has 1 aromatic carbocycles. The van der Waals surface area contributed by atoms with Crippen molar-refractivity contribution in [3.8, 4) is 0 Å². The fraction of sp³-hybridized carbons (Fsp3) is 0.400. The van der Waals surface area contributed by atoms with E-state index in [1.165, 1.54) is 0 Å². The number of benzene rings is 1. The molecule has 0 saturated carbocycles. The molecule has 0 radical (unpaired) electrons. The summed E-state index contributed by atoms with van der Waals surface area (Å²) in [6.07, 6.45) is 0. The summed E-state index contributed by atoms with van der Waals surface area (Å²) in [7, 11) is 0. The van der Waals surface area contributed by atoms with Gasteiger partial charge in [0.2, 0.25) is 0 Å². The molecule has 0 unspecified atom stereocenters. The molecule has 78 valence electrons. The van der Waals surface area contributed by atoms with Crippen molar-refractivity contribution in [2.24, 2.45) is 0 Å². The molecule has 0 fully saturated rings. The van der Waals surface area contributed by atoms with Crippen LogP contribution in [0.4, 0.5) is 5.69 Å². The molecule has 3 N–H and O–H groups in total. The van der Waals surface area contributed by atoms with Crippen molar-refractivity contribution in [2.45, 2.75) is 13.0 Å². The standard InChI is InChI=1S/C10H14ClNO2/c1-7-2-3-8(4-10(7)11)12-9(5-13)6-14/h2-4,9,12-14H,5-6H2,1H3. The molecule has 0 atom stereocenters. The fourth-order valence-electron chi connectivity index (χ4n) is 1.07. The van der Waals surface area contributed by atoms with Gasteiger partial charge in [0.25, 0.3) is 0 Å². The number of aliphatic hydroxyl groups is 2. The van der Waals surface area contributed by atoms with Crippen LogP contribution in [-0.2, 0) is 0 Å². The zero-order valence-electron chi connectivity index (χ0n) is 8.00. The van der Waals surface area contributed by atoms with Gasteiger partial charge < -0.3 is 15.5 Å². The van der Waals surface area contributed by atoms with Crippen molar-refractivity contribution in [1.29, 1.82) is 0 Å². The Kier molecular flexibility index (Phi) is 4.20. The van der Waals surface area contributed by atoms with Crippen LogP contribution in [0.15, 0.2) is 18.2 Å². The first-order valence-electron chi connectivity index (χ1n) is 4.41. The molecule has 0 aliphatic heterocycles. The summed E-state index contributed by atoms with van der Waals surface area (Å²) in [6.45, 7) is 1.70. The molecule has 4 heteroatoms. The number of aliphatic hydroxyl groups excluding tert-OH is 2. The smallest absolute Gasteiger partial charge is 0.0723 e. The Morgan fingerprint density at radius 3 is 2.50 bits per heavy atom. The molecule has 0 saturated heterocycles. The largest absolute Gasteiger partial charge is 0.394 e. The van der Waals surface area contributed by atoms with Gasteiger partial charge in [0, 0.05) is 10.7 Å². The third kappa shape index (κ3) is 2.87. The highest BCUT2D eigenvalue weighted by atomic mass is 35.5. The van der Waals surface area contributed by atoms with Crippen molar-refractivity contribution in [3.05, 3.63) is 28.8 Å². The quantitative estimate of drug-likeness (QED) is 0.712. The van der Waals surface area contributed by atoms with Gasteiger partial charge in [-0.1, -0.05) is 17.7 Å². The van der Waals surface area contributed by atoms with Gasteiger partial charge in [-0.15, -0.1) is 0 Å². The topological polar surface area (TPSA) is 52.5 Å². The van der Waals surface area contributed by atoms with Gasteiger partial charge in [-0.25, -0.2) is 0 Å². The van der Waals surface area contributed by atoms with Crippen molar-refractivity contribution in [2.75, 3.05) is 18.5 Å². The van der Waals surface area contributed by atoms with Crippen LogP contribution in [0.5, 0.6) is 0 Å². The number of nitrogens with one attached hydrogen (secondary N) is 1. The van der Waals surface area contributed by atoms with Crippen molar-refractivity contribution >= 4 is 17.3 Å². The molecule has 1 aromatic rings. The minimum atomic E-state index is -0.339. The molecular weight excluding hydrogens is 202 g/mol. The van der Waals surface area contributed by atoms with Gasteiger partial charge in [-0.3, -0.25) is 0 Å². The number of anilines is 1. The van der Waals surface area contributed by atoms with Crippen molar-refractivity contribution in [3.63, 3.8) is 0 Å². The lowest BCUT2D eigenvalue weighted by atomic mass is 10.2. The maximum Gasteiger partial charge on any atom is 0.0723 e. The summed E-state index contributed by atoms with van der Waals surface area (Å²) >= 11 is 5.92. The summed E-state index contributed by atoms with van der Waals surface area (Å²) in [5.74, 6) is 0. The number of rotatable bonds is 4. The van der Waals surface area contributed by atoms with E-state index in [4.69, 9.17) is 21.8 Å². The van der Waals surface area contributed by atoms with Crippen molar-refractivity contribution < 1.29 is 10.2 Å². The summed E-state index contributed by atoms with van der Waals surface area (Å²) in [5, 5.41) is 21.3. The normalized spacial score (nSPS) is 10.6. The van der Waals surface area contributed by atoms with Crippen molar-refractivity contribution in [1.82, 2.24) is 0 Å². The monoisotopic (exact) mass is 215 g/mol. The zero-order chi connectivity index (χ0) is 10.6. The SMILES string of the molecule is Cc1ccc(NC(CO)CO)cc1Cl. The van der Waals surface area contributed by atoms with Gasteiger partial charge in [-0.05, 0) is 24.6 Å². The predicted octanol–water partition coefficient (Wildman–Crippen LogP) is 1.41. The molecular formula is C10H14ClNO2. The Morgan fingerprint density at radius 2 is 2.00 bits per heavy atom. The first kappa shape index (κ1) is 11.3. The Morgan fingerprint density at radius 1 is 1.36 bits per heavy atom. The van der Waals surface area contributed by atoms with E-state index in [0.717, 1.165) is 11.3 Å². The average molecular weight is 216 g/mol. The van der Waals surface area contributed by atoms with Crippen LogP contribution in [0.25, 0.3) is 0 Å². The van der Waals surface area contributed by atoms with E-state index in [1.807, 2.05) is 19.1 Å². The molecule has 0 aliphatic rings. The maximum atomic E-state index is 8.86. The lowest BCUT2D eigenvalue weighted by molar-refractivity contribution is 0.204. The van der Waals surface area contributed by atoms with Crippen LogP contribution < -0.4 is 5.32 Å². The molecule has 0 bridgehead atoms. The number of aryl methyl sites for hydroxylation is 1.